The molecule has 0 radical (unpaired) electrons. The molecule has 0 aromatic rings. The van der Waals surface area contributed by atoms with Crippen molar-refractivity contribution in [2.24, 2.45) is 17.4 Å². The van der Waals surface area contributed by atoms with Crippen LogP contribution in [0.4, 0.5) is 0 Å². The van der Waals surface area contributed by atoms with Crippen molar-refractivity contribution in [2.45, 2.75) is 32.4 Å². The Bertz CT molecular complexity index is 345. The number of nitrogens with zero attached hydrogens (tertiary/aromatic N) is 1. The van der Waals surface area contributed by atoms with Crippen LogP contribution in [-0.2, 0) is 9.59 Å². The quantitative estimate of drug-likeness (QED) is 0.200. The van der Waals surface area contributed by atoms with Gasteiger partial charge in [0.1, 0.15) is 18.7 Å². The van der Waals surface area contributed by atoms with Crippen LogP contribution in [-0.4, -0.2) is 113 Å². The Labute approximate surface area is 161 Å². The fourth-order valence-corrected chi connectivity index (χ4v) is 0.966. The number of hydrogen-bond acceptors (Lipinski definition) is 8. The van der Waals surface area contributed by atoms with Gasteiger partial charge in [0.15, 0.2) is 0 Å². The highest BCUT2D eigenvalue weighted by Gasteiger charge is 2.11. The van der Waals surface area contributed by atoms with Gasteiger partial charge in [0.25, 0.3) is 0 Å². The number of nitrogens with two attached hydrogens (primary N) is 2. The molecule has 0 aliphatic heterocycles. The zero-order valence-corrected chi connectivity index (χ0v) is 17.1. The highest BCUT2D eigenvalue weighted by Crippen LogP contribution is 2.01. The first-order valence-corrected chi connectivity index (χ1v) is 8.39. The van der Waals surface area contributed by atoms with E-state index in [0.717, 1.165) is 11.0 Å². The van der Waals surface area contributed by atoms with E-state index in [1.165, 1.54) is 0 Å². The van der Waals surface area contributed by atoms with Crippen molar-refractivity contribution < 1.29 is 44.7 Å². The van der Waals surface area contributed by atoms with Crippen LogP contribution in [0.15, 0.2) is 0 Å². The number of aliphatic carboxylic acids is 2. The number of carbonyl (C=O) groups is 2. The van der Waals surface area contributed by atoms with Gasteiger partial charge in [-0.15, -0.1) is 0 Å². The molecule has 0 aromatic carbocycles. The summed E-state index contributed by atoms with van der Waals surface area (Å²) in [6, 6.07) is -0.690. The average molecular weight is 403 g/mol. The minimum atomic E-state index is -0.968. The summed E-state index contributed by atoms with van der Waals surface area (Å²) in [5, 5.41) is 48.3. The maximum Gasteiger partial charge on any atom is 0.320 e. The SMILES string of the molecule is CC(C)CC(N)C(=O)O.C[N+](C)(C)CCO.NCC(=O)O.OCC(O)CO. The van der Waals surface area contributed by atoms with E-state index < -0.39 is 24.1 Å². The predicted molar refractivity (Wildman–Crippen MR) is 102 cm³/mol. The summed E-state index contributed by atoms with van der Waals surface area (Å²) in [5.74, 6) is -1.52. The van der Waals surface area contributed by atoms with Crippen LogP contribution in [0.5, 0.6) is 0 Å². The lowest BCUT2D eigenvalue weighted by molar-refractivity contribution is -0.870. The Morgan fingerprint density at radius 1 is 1.00 bits per heavy atom. The number of rotatable bonds is 8. The summed E-state index contributed by atoms with van der Waals surface area (Å²) < 4.78 is 0.844. The molecule has 0 amide bonds. The first kappa shape index (κ1) is 33.3. The Kier molecular flexibility index (Phi) is 25.8. The van der Waals surface area contributed by atoms with Crippen molar-refractivity contribution in [3.8, 4) is 0 Å². The van der Waals surface area contributed by atoms with Crippen molar-refractivity contribution in [3.05, 3.63) is 0 Å². The van der Waals surface area contributed by atoms with Crippen LogP contribution in [0.3, 0.4) is 0 Å². The molecule has 1 unspecified atom stereocenters. The zero-order valence-electron chi connectivity index (χ0n) is 17.1. The Morgan fingerprint density at radius 2 is 1.37 bits per heavy atom. The molecule has 27 heavy (non-hydrogen) atoms. The third-order valence-corrected chi connectivity index (χ3v) is 2.41. The molecule has 0 rings (SSSR count). The van der Waals surface area contributed by atoms with E-state index >= 15 is 0 Å². The Morgan fingerprint density at radius 3 is 1.41 bits per heavy atom. The molecule has 1 atom stereocenters. The molecular weight excluding hydrogens is 362 g/mol. The highest BCUT2D eigenvalue weighted by atomic mass is 16.4. The molecule has 0 bridgehead atoms. The van der Waals surface area contributed by atoms with Gasteiger partial charge < -0.3 is 46.6 Å². The number of carboxylic acid groups (broad SMARTS) is 2. The topological polar surface area (TPSA) is 208 Å². The fraction of sp³-hybridized carbons (Fsp3) is 0.875. The maximum atomic E-state index is 10.1. The molecule has 0 aromatic heterocycles. The number of aliphatic hydroxyl groups excluding tert-OH is 4. The number of hydrogen-bond donors (Lipinski definition) is 8. The van der Waals surface area contributed by atoms with Gasteiger partial charge in [-0.2, -0.15) is 0 Å². The molecule has 10 N–H and O–H groups in total. The molecule has 0 fully saturated rings. The number of quaternary nitrogens is 1. The van der Waals surface area contributed by atoms with Crippen LogP contribution in [0, 0.1) is 5.92 Å². The molecule has 166 valence electrons. The molecule has 0 spiro atoms. The second kappa shape index (κ2) is 21.0. The maximum absolute atomic E-state index is 10.1. The number of carboxylic acids is 2. The number of likely N-dealkylation sites (N-methyl/N-ethyl adjacent to an activating group) is 1. The summed E-state index contributed by atoms with van der Waals surface area (Å²) in [5.41, 5.74) is 9.79. The standard InChI is InChI=1S/C6H13NO2.C5H14NO.C3H8O3.C2H5NO2/c1-4(2)3-5(7)6(8)9;1-6(2,3)4-5-7;4-1-3(6)2-5;3-1-2(4)5/h4-5H,3,7H2,1-2H3,(H,8,9);7H,4-5H2,1-3H3;3-6H,1-2H2;1,3H2,(H,4,5)/q;+1;;. The van der Waals surface area contributed by atoms with Gasteiger partial charge in [-0.05, 0) is 12.3 Å². The van der Waals surface area contributed by atoms with E-state index in [9.17, 15) is 9.59 Å². The molecule has 11 heteroatoms. The van der Waals surface area contributed by atoms with Gasteiger partial charge in [-0.3, -0.25) is 9.59 Å². The third kappa shape index (κ3) is 45.6. The summed E-state index contributed by atoms with van der Waals surface area (Å²) in [4.78, 5) is 19.4. The lowest BCUT2D eigenvalue weighted by Crippen LogP contribution is -2.36. The highest BCUT2D eigenvalue weighted by molar-refractivity contribution is 5.72. The van der Waals surface area contributed by atoms with E-state index in [4.69, 9.17) is 36.4 Å². The largest absolute Gasteiger partial charge is 0.480 e. The van der Waals surface area contributed by atoms with E-state index in [0.29, 0.717) is 12.3 Å². The normalized spacial score (nSPS) is 11.3. The van der Waals surface area contributed by atoms with Crippen LogP contribution < -0.4 is 11.5 Å². The second-order valence-corrected chi connectivity index (χ2v) is 6.93. The molecule has 11 nitrogen and oxygen atoms in total. The monoisotopic (exact) mass is 402 g/mol. The minimum absolute atomic E-state index is 0.278. The summed E-state index contributed by atoms with van der Waals surface area (Å²) in [6.07, 6.45) is -0.403. The molecule has 0 saturated carbocycles. The fourth-order valence-electron chi connectivity index (χ4n) is 0.966. The first-order valence-electron chi connectivity index (χ1n) is 8.39. The predicted octanol–water partition coefficient (Wildman–Crippen LogP) is -2.51. The van der Waals surface area contributed by atoms with Crippen LogP contribution in [0.1, 0.15) is 20.3 Å². The van der Waals surface area contributed by atoms with Gasteiger partial charge in [0.05, 0.1) is 47.5 Å². The van der Waals surface area contributed by atoms with Gasteiger partial charge in [0.2, 0.25) is 0 Å². The van der Waals surface area contributed by atoms with Crippen molar-refractivity contribution in [1.82, 2.24) is 0 Å². The van der Waals surface area contributed by atoms with E-state index in [2.05, 4.69) is 26.9 Å². The Hall–Kier alpha value is -1.34. The van der Waals surface area contributed by atoms with Crippen molar-refractivity contribution in [1.29, 1.82) is 0 Å². The molecule has 0 aliphatic rings. The van der Waals surface area contributed by atoms with Crippen molar-refractivity contribution in [2.75, 3.05) is 54.1 Å². The van der Waals surface area contributed by atoms with Gasteiger partial charge >= 0.3 is 11.9 Å². The van der Waals surface area contributed by atoms with Crippen molar-refractivity contribution in [3.63, 3.8) is 0 Å². The average Bonchev–Trinajstić information content (AvgIpc) is 2.53. The van der Waals surface area contributed by atoms with E-state index in [1.54, 1.807) is 0 Å². The van der Waals surface area contributed by atoms with Gasteiger partial charge in [0, 0.05) is 0 Å². The minimum Gasteiger partial charge on any atom is -0.480 e. The third-order valence-electron chi connectivity index (χ3n) is 2.41. The lowest BCUT2D eigenvalue weighted by Gasteiger charge is -2.21. The molecule has 0 heterocycles. The smallest absolute Gasteiger partial charge is 0.320 e. The summed E-state index contributed by atoms with van der Waals surface area (Å²) >= 11 is 0. The second-order valence-electron chi connectivity index (χ2n) is 6.93. The van der Waals surface area contributed by atoms with Crippen molar-refractivity contribution >= 4 is 11.9 Å². The molecule has 0 saturated heterocycles. The van der Waals surface area contributed by atoms with Gasteiger partial charge in [-0.1, -0.05) is 13.8 Å². The van der Waals surface area contributed by atoms with Crippen LogP contribution in [0.2, 0.25) is 0 Å². The molecular formula is C16H40N3O8+. The number of aliphatic hydroxyl groups is 4. The zero-order chi connectivity index (χ0) is 22.6. The van der Waals surface area contributed by atoms with Crippen LogP contribution in [0.25, 0.3) is 0 Å². The first-order chi connectivity index (χ1) is 12.2. The van der Waals surface area contributed by atoms with E-state index in [1.807, 2.05) is 13.8 Å². The summed E-state index contributed by atoms with van der Waals surface area (Å²) in [7, 11) is 6.16. The van der Waals surface area contributed by atoms with Gasteiger partial charge in [-0.25, -0.2) is 0 Å². The van der Waals surface area contributed by atoms with E-state index in [-0.39, 0.29) is 26.4 Å². The molecule has 0 aliphatic carbocycles. The Balaban J connectivity index is -0.000000134. The van der Waals surface area contributed by atoms with Crippen LogP contribution >= 0.6 is 0 Å². The lowest BCUT2D eigenvalue weighted by atomic mass is 10.1. The summed E-state index contributed by atoms with van der Waals surface area (Å²) in [6.45, 7) is 4.00.